The highest BCUT2D eigenvalue weighted by Crippen LogP contribution is 2.22. The molecule has 1 aromatic heterocycles. The van der Waals surface area contributed by atoms with Crippen LogP contribution in [0.1, 0.15) is 29.2 Å². The lowest BCUT2D eigenvalue weighted by atomic mass is 9.95. The van der Waals surface area contributed by atoms with Gasteiger partial charge in [-0.05, 0) is 67.6 Å². The molecule has 1 aromatic carbocycles. The molecule has 0 aliphatic heterocycles. The summed E-state index contributed by atoms with van der Waals surface area (Å²) in [6, 6.07) is 5.34. The van der Waals surface area contributed by atoms with E-state index in [4.69, 9.17) is 11.5 Å². The molecule has 0 fully saturated rings. The number of benzene rings is 1. The van der Waals surface area contributed by atoms with Crippen LogP contribution in [0.5, 0.6) is 5.75 Å². The lowest BCUT2D eigenvalue weighted by Crippen LogP contribution is -2.52. The van der Waals surface area contributed by atoms with Crippen molar-refractivity contribution in [2.75, 3.05) is 6.54 Å². The molecule has 0 spiro atoms. The third-order valence-electron chi connectivity index (χ3n) is 4.88. The number of hydrogen-bond acceptors (Lipinski definition) is 5. The smallest absolute Gasteiger partial charge is 0.240 e. The molecule has 0 aliphatic rings. The monoisotopic (exact) mass is 396 g/mol. The summed E-state index contributed by atoms with van der Waals surface area (Å²) < 4.78 is 0. The van der Waals surface area contributed by atoms with Gasteiger partial charge in [-0.15, -0.1) is 0 Å². The second kappa shape index (κ2) is 9.84. The third-order valence-corrected chi connectivity index (χ3v) is 4.88. The topological polar surface area (TPSA) is 123 Å². The molecular weight excluding hydrogens is 368 g/mol. The summed E-state index contributed by atoms with van der Waals surface area (Å²) in [6.07, 6.45) is 7.26. The molecule has 0 radical (unpaired) electrons. The van der Waals surface area contributed by atoms with Gasteiger partial charge in [-0.3, -0.25) is 14.6 Å². The van der Waals surface area contributed by atoms with Gasteiger partial charge in [0.1, 0.15) is 11.8 Å². The molecule has 0 saturated heterocycles. The number of carbonyl (C=O) groups is 2. The summed E-state index contributed by atoms with van der Waals surface area (Å²) in [7, 11) is 0. The zero-order valence-electron chi connectivity index (χ0n) is 17.0. The summed E-state index contributed by atoms with van der Waals surface area (Å²) in [6.45, 7) is 5.50. The van der Waals surface area contributed by atoms with Gasteiger partial charge in [0, 0.05) is 18.9 Å². The van der Waals surface area contributed by atoms with Crippen molar-refractivity contribution in [3.63, 3.8) is 0 Å². The van der Waals surface area contributed by atoms with E-state index in [9.17, 15) is 14.7 Å². The zero-order valence-corrected chi connectivity index (χ0v) is 17.0. The van der Waals surface area contributed by atoms with E-state index >= 15 is 0 Å². The fourth-order valence-electron chi connectivity index (χ4n) is 3.18. The first-order valence-corrected chi connectivity index (χ1v) is 9.41. The molecule has 5 N–H and O–H groups in total. The Balaban J connectivity index is 2.18. The van der Waals surface area contributed by atoms with Gasteiger partial charge in [-0.25, -0.2) is 0 Å². The molecule has 2 rings (SSSR count). The number of hydrogen-bond donors (Lipinski definition) is 3. The minimum Gasteiger partial charge on any atom is -0.508 e. The molecule has 0 bridgehead atoms. The van der Waals surface area contributed by atoms with Crippen LogP contribution >= 0.6 is 0 Å². The first kappa shape index (κ1) is 22.1. The normalized spacial score (nSPS) is 13.2. The standard InChI is InChI=1S/C22H28N4O3/c1-14-10-18(27)11-15(2)19(14)12-20(23)22(29)26(16(3)21(24)28)9-5-7-17-6-4-8-25-13-17/h4-8,10-11,13,16,20,27H,9,12,23H2,1-3H3,(H2,24,28)/t16-,20?/m1/s1. The number of pyridine rings is 1. The molecule has 7 heteroatoms. The molecule has 0 saturated carbocycles. The first-order valence-electron chi connectivity index (χ1n) is 9.41. The van der Waals surface area contributed by atoms with Gasteiger partial charge >= 0.3 is 0 Å². The first-order chi connectivity index (χ1) is 13.7. The second-order valence-electron chi connectivity index (χ2n) is 7.13. The number of carbonyl (C=O) groups excluding carboxylic acids is 2. The van der Waals surface area contributed by atoms with Crippen molar-refractivity contribution >= 4 is 17.9 Å². The van der Waals surface area contributed by atoms with Crippen LogP contribution in [0, 0.1) is 13.8 Å². The number of aromatic nitrogens is 1. The van der Waals surface area contributed by atoms with Crippen LogP contribution in [0.3, 0.4) is 0 Å². The highest BCUT2D eigenvalue weighted by atomic mass is 16.3. The minimum atomic E-state index is -0.842. The molecule has 0 aliphatic carbocycles. The highest BCUT2D eigenvalue weighted by molar-refractivity contribution is 5.89. The van der Waals surface area contributed by atoms with E-state index < -0.39 is 18.0 Å². The van der Waals surface area contributed by atoms with Crippen LogP contribution in [0.25, 0.3) is 6.08 Å². The Bertz CT molecular complexity index is 873. The molecule has 1 heterocycles. The maximum atomic E-state index is 13.0. The largest absolute Gasteiger partial charge is 0.508 e. The van der Waals surface area contributed by atoms with Crippen molar-refractivity contribution in [1.82, 2.24) is 9.88 Å². The number of phenols is 1. The number of aryl methyl sites for hydroxylation is 2. The van der Waals surface area contributed by atoms with E-state index in [-0.39, 0.29) is 18.2 Å². The molecule has 7 nitrogen and oxygen atoms in total. The summed E-state index contributed by atoms with van der Waals surface area (Å²) >= 11 is 0. The van der Waals surface area contributed by atoms with Crippen LogP contribution in [0.15, 0.2) is 42.7 Å². The molecule has 1 unspecified atom stereocenters. The van der Waals surface area contributed by atoms with Gasteiger partial charge in [0.25, 0.3) is 0 Å². The van der Waals surface area contributed by atoms with Gasteiger partial charge in [0.2, 0.25) is 11.8 Å². The maximum absolute atomic E-state index is 13.0. The molecule has 154 valence electrons. The average Bonchev–Trinajstić information content (AvgIpc) is 2.67. The third kappa shape index (κ3) is 5.89. The van der Waals surface area contributed by atoms with Gasteiger partial charge in [0.15, 0.2) is 0 Å². The van der Waals surface area contributed by atoms with Crippen molar-refractivity contribution in [2.24, 2.45) is 11.5 Å². The molecule has 2 atom stereocenters. The predicted octanol–water partition coefficient (Wildman–Crippen LogP) is 1.69. The Morgan fingerprint density at radius 3 is 2.48 bits per heavy atom. The van der Waals surface area contributed by atoms with Crippen molar-refractivity contribution in [1.29, 1.82) is 0 Å². The van der Waals surface area contributed by atoms with Crippen LogP contribution in [-0.4, -0.2) is 45.4 Å². The highest BCUT2D eigenvalue weighted by Gasteiger charge is 2.28. The predicted molar refractivity (Wildman–Crippen MR) is 113 cm³/mol. The Morgan fingerprint density at radius 2 is 1.93 bits per heavy atom. The number of primary amides is 1. The average molecular weight is 396 g/mol. The lowest BCUT2D eigenvalue weighted by Gasteiger charge is -2.29. The number of rotatable bonds is 8. The van der Waals surface area contributed by atoms with Crippen LogP contribution in [0.2, 0.25) is 0 Å². The van der Waals surface area contributed by atoms with Gasteiger partial charge in [0.05, 0.1) is 6.04 Å². The van der Waals surface area contributed by atoms with Crippen molar-refractivity contribution < 1.29 is 14.7 Å². The number of aromatic hydroxyl groups is 1. The van der Waals surface area contributed by atoms with E-state index in [0.717, 1.165) is 22.3 Å². The fourth-order valence-corrected chi connectivity index (χ4v) is 3.18. The number of nitrogens with two attached hydrogens (primary N) is 2. The van der Waals surface area contributed by atoms with E-state index in [0.29, 0.717) is 6.42 Å². The summed E-state index contributed by atoms with van der Waals surface area (Å²) in [5.74, 6) is -0.788. The molecule has 29 heavy (non-hydrogen) atoms. The van der Waals surface area contributed by atoms with Crippen molar-refractivity contribution in [3.05, 3.63) is 65.0 Å². The van der Waals surface area contributed by atoms with Crippen LogP contribution in [-0.2, 0) is 16.0 Å². The SMILES string of the molecule is Cc1cc(O)cc(C)c1CC(N)C(=O)N(CC=Cc1cccnc1)[C@H](C)C(N)=O. The van der Waals surface area contributed by atoms with E-state index in [2.05, 4.69) is 4.98 Å². The molecular formula is C22H28N4O3. The van der Waals surface area contributed by atoms with Crippen LogP contribution in [0.4, 0.5) is 0 Å². The zero-order chi connectivity index (χ0) is 21.6. The van der Waals surface area contributed by atoms with E-state index in [1.54, 1.807) is 37.5 Å². The summed E-state index contributed by atoms with van der Waals surface area (Å²) in [5.41, 5.74) is 15.1. The molecule has 2 amide bonds. The Hall–Kier alpha value is -3.19. The van der Waals surface area contributed by atoms with Gasteiger partial charge < -0.3 is 21.5 Å². The van der Waals surface area contributed by atoms with E-state index in [1.165, 1.54) is 4.90 Å². The summed E-state index contributed by atoms with van der Waals surface area (Å²) in [5, 5.41) is 9.70. The Morgan fingerprint density at radius 1 is 1.28 bits per heavy atom. The lowest BCUT2D eigenvalue weighted by molar-refractivity contribution is -0.139. The van der Waals surface area contributed by atoms with Crippen molar-refractivity contribution in [2.45, 2.75) is 39.3 Å². The Labute approximate surface area is 171 Å². The second-order valence-corrected chi connectivity index (χ2v) is 7.13. The minimum absolute atomic E-state index is 0.174. The maximum Gasteiger partial charge on any atom is 0.240 e. The fraction of sp³-hybridized carbons (Fsp3) is 0.318. The Kier molecular flexibility index (Phi) is 7.50. The number of nitrogens with zero attached hydrogens (tertiary/aromatic N) is 2. The van der Waals surface area contributed by atoms with Gasteiger partial charge in [-0.1, -0.05) is 18.2 Å². The van der Waals surface area contributed by atoms with Crippen LogP contribution < -0.4 is 11.5 Å². The quantitative estimate of drug-likeness (QED) is 0.627. The number of phenolic OH excluding ortho intramolecular Hbond substituents is 1. The van der Waals surface area contributed by atoms with Crippen molar-refractivity contribution in [3.8, 4) is 5.75 Å². The number of amides is 2. The van der Waals surface area contributed by atoms with E-state index in [1.807, 2.05) is 32.1 Å². The molecule has 2 aromatic rings. The van der Waals surface area contributed by atoms with Gasteiger partial charge in [-0.2, -0.15) is 0 Å². The summed E-state index contributed by atoms with van der Waals surface area (Å²) in [4.78, 5) is 30.2.